The van der Waals surface area contributed by atoms with Crippen LogP contribution in [0.4, 0.5) is 0 Å². The highest BCUT2D eigenvalue weighted by atomic mass is 16.5. The van der Waals surface area contributed by atoms with E-state index in [0.29, 0.717) is 17.4 Å². The van der Waals surface area contributed by atoms with E-state index in [1.54, 1.807) is 16.7 Å². The highest BCUT2D eigenvalue weighted by Gasteiger charge is 2.31. The highest BCUT2D eigenvalue weighted by molar-refractivity contribution is 5.92. The maximum Gasteiger partial charge on any atom is 0.350 e. The molecule has 9 nitrogen and oxygen atoms in total. The standard InChI is InChI=1S/C21H19N5O4/c27-20(16-13-18(30-24-16)17-7-4-12-29-17)22-10-11-25-21(28)26(15-5-2-1-3-6-15)19(23-25)14-8-9-14/h1-7,12-14H,8-11H2,(H,22,27). The number of carbonyl (C=O) groups is 1. The third-order valence-electron chi connectivity index (χ3n) is 4.94. The Labute approximate surface area is 170 Å². The largest absolute Gasteiger partial charge is 0.461 e. The monoisotopic (exact) mass is 405 g/mol. The predicted octanol–water partition coefficient (Wildman–Crippen LogP) is 2.59. The van der Waals surface area contributed by atoms with Crippen molar-refractivity contribution in [3.05, 3.63) is 76.8 Å². The van der Waals surface area contributed by atoms with Crippen molar-refractivity contribution in [2.75, 3.05) is 6.54 Å². The highest BCUT2D eigenvalue weighted by Crippen LogP contribution is 2.39. The van der Waals surface area contributed by atoms with Gasteiger partial charge in [0.1, 0.15) is 5.82 Å². The molecule has 152 valence electrons. The molecule has 4 aromatic rings. The summed E-state index contributed by atoms with van der Waals surface area (Å²) in [6.07, 6.45) is 3.58. The summed E-state index contributed by atoms with van der Waals surface area (Å²) in [7, 11) is 0. The first kappa shape index (κ1) is 18.2. The molecular formula is C21H19N5O4. The van der Waals surface area contributed by atoms with Crippen molar-refractivity contribution < 1.29 is 13.7 Å². The van der Waals surface area contributed by atoms with Crippen LogP contribution >= 0.6 is 0 Å². The van der Waals surface area contributed by atoms with Crippen LogP contribution in [0.3, 0.4) is 0 Å². The minimum absolute atomic E-state index is 0.141. The van der Waals surface area contributed by atoms with Gasteiger partial charge in [0.2, 0.25) is 5.76 Å². The van der Waals surface area contributed by atoms with E-state index in [4.69, 9.17) is 8.94 Å². The molecule has 9 heteroatoms. The zero-order valence-corrected chi connectivity index (χ0v) is 16.0. The Bertz CT molecular complexity index is 1220. The van der Waals surface area contributed by atoms with Crippen molar-refractivity contribution in [3.8, 4) is 17.2 Å². The molecule has 1 fully saturated rings. The summed E-state index contributed by atoms with van der Waals surface area (Å²) in [4.78, 5) is 25.3. The fourth-order valence-electron chi connectivity index (χ4n) is 3.28. The van der Waals surface area contributed by atoms with Crippen LogP contribution in [0.1, 0.15) is 35.1 Å². The molecule has 1 aromatic carbocycles. The van der Waals surface area contributed by atoms with Gasteiger partial charge < -0.3 is 14.3 Å². The van der Waals surface area contributed by atoms with Crippen LogP contribution < -0.4 is 11.0 Å². The molecule has 0 bridgehead atoms. The molecule has 1 amide bonds. The third kappa shape index (κ3) is 3.45. The molecule has 5 rings (SSSR count). The van der Waals surface area contributed by atoms with Crippen LogP contribution in [0.2, 0.25) is 0 Å². The lowest BCUT2D eigenvalue weighted by molar-refractivity contribution is 0.0942. The summed E-state index contributed by atoms with van der Waals surface area (Å²) in [5.41, 5.74) is 0.730. The molecule has 0 aliphatic heterocycles. The van der Waals surface area contributed by atoms with Crippen LogP contribution in [0.15, 0.2) is 68.5 Å². The van der Waals surface area contributed by atoms with Gasteiger partial charge in [0.05, 0.1) is 18.5 Å². The Morgan fingerprint density at radius 2 is 1.97 bits per heavy atom. The number of amides is 1. The van der Waals surface area contributed by atoms with Crippen molar-refractivity contribution >= 4 is 5.91 Å². The fourth-order valence-corrected chi connectivity index (χ4v) is 3.28. The molecule has 1 N–H and O–H groups in total. The van der Waals surface area contributed by atoms with Gasteiger partial charge in [-0.2, -0.15) is 5.10 Å². The van der Waals surface area contributed by atoms with Gasteiger partial charge in [0.15, 0.2) is 11.5 Å². The van der Waals surface area contributed by atoms with Gasteiger partial charge in [-0.3, -0.25) is 4.79 Å². The number of para-hydroxylation sites is 1. The molecule has 3 aromatic heterocycles. The van der Waals surface area contributed by atoms with Crippen LogP contribution in [0, 0.1) is 0 Å². The van der Waals surface area contributed by atoms with Gasteiger partial charge in [-0.05, 0) is 37.1 Å². The Morgan fingerprint density at radius 3 is 2.70 bits per heavy atom. The maximum absolute atomic E-state index is 12.9. The molecule has 30 heavy (non-hydrogen) atoms. The number of furan rings is 1. The Morgan fingerprint density at radius 1 is 1.13 bits per heavy atom. The van der Waals surface area contributed by atoms with Gasteiger partial charge >= 0.3 is 5.69 Å². The van der Waals surface area contributed by atoms with Gasteiger partial charge in [-0.15, -0.1) is 0 Å². The average Bonchev–Trinajstić information content (AvgIpc) is 3.16. The number of hydrogen-bond acceptors (Lipinski definition) is 6. The fraction of sp³-hybridized carbons (Fsp3) is 0.238. The van der Waals surface area contributed by atoms with E-state index in [-0.39, 0.29) is 24.5 Å². The number of hydrogen-bond donors (Lipinski definition) is 1. The van der Waals surface area contributed by atoms with Crippen LogP contribution in [0.25, 0.3) is 17.2 Å². The molecular weight excluding hydrogens is 386 g/mol. The Kier molecular flexibility index (Phi) is 4.55. The predicted molar refractivity (Wildman–Crippen MR) is 106 cm³/mol. The normalized spacial score (nSPS) is 13.5. The summed E-state index contributed by atoms with van der Waals surface area (Å²) >= 11 is 0. The van der Waals surface area contributed by atoms with Crippen LogP contribution in [0.5, 0.6) is 0 Å². The summed E-state index contributed by atoms with van der Waals surface area (Å²) in [5, 5.41) is 11.0. The van der Waals surface area contributed by atoms with Crippen molar-refractivity contribution in [1.82, 2.24) is 24.8 Å². The molecule has 0 unspecified atom stereocenters. The molecule has 1 aliphatic rings. The second-order valence-corrected chi connectivity index (χ2v) is 7.12. The molecule has 1 saturated carbocycles. The smallest absolute Gasteiger partial charge is 0.350 e. The van der Waals surface area contributed by atoms with E-state index in [2.05, 4.69) is 15.6 Å². The minimum atomic E-state index is -0.394. The van der Waals surface area contributed by atoms with Gasteiger partial charge in [-0.1, -0.05) is 23.4 Å². The number of rotatable bonds is 7. The third-order valence-corrected chi connectivity index (χ3v) is 4.94. The lowest BCUT2D eigenvalue weighted by atomic mass is 10.3. The quantitative estimate of drug-likeness (QED) is 0.506. The van der Waals surface area contributed by atoms with Crippen molar-refractivity contribution in [3.63, 3.8) is 0 Å². The summed E-state index contributed by atoms with van der Waals surface area (Å²) in [5.74, 6) is 1.56. The Hall–Kier alpha value is -3.88. The van der Waals surface area contributed by atoms with Gasteiger partial charge in [0, 0.05) is 18.5 Å². The summed E-state index contributed by atoms with van der Waals surface area (Å²) in [6.45, 7) is 0.491. The lowest BCUT2D eigenvalue weighted by Crippen LogP contribution is -2.32. The SMILES string of the molecule is O=C(NCCn1nc(C2CC2)n(-c2ccccc2)c1=O)c1cc(-c2ccco2)on1. The van der Waals surface area contributed by atoms with E-state index in [1.165, 1.54) is 17.0 Å². The first-order valence-electron chi connectivity index (χ1n) is 9.74. The first-order chi connectivity index (χ1) is 14.7. The van der Waals surface area contributed by atoms with E-state index in [9.17, 15) is 9.59 Å². The number of nitrogens with one attached hydrogen (secondary N) is 1. The minimum Gasteiger partial charge on any atom is -0.461 e. The molecule has 1 aliphatic carbocycles. The second-order valence-electron chi connectivity index (χ2n) is 7.12. The topological polar surface area (TPSA) is 108 Å². The van der Waals surface area contributed by atoms with E-state index in [0.717, 1.165) is 24.4 Å². The molecule has 0 atom stereocenters. The molecule has 0 spiro atoms. The van der Waals surface area contributed by atoms with Crippen LogP contribution in [-0.2, 0) is 6.54 Å². The zero-order valence-electron chi connectivity index (χ0n) is 16.0. The maximum atomic E-state index is 12.9. The number of benzene rings is 1. The van der Waals surface area contributed by atoms with Gasteiger partial charge in [-0.25, -0.2) is 14.0 Å². The molecule has 0 radical (unpaired) electrons. The van der Waals surface area contributed by atoms with Crippen molar-refractivity contribution in [2.45, 2.75) is 25.3 Å². The number of carbonyl (C=O) groups excluding carboxylic acids is 1. The Balaban J connectivity index is 1.28. The number of aromatic nitrogens is 4. The van der Waals surface area contributed by atoms with Crippen molar-refractivity contribution in [1.29, 1.82) is 0 Å². The number of nitrogens with zero attached hydrogens (tertiary/aromatic N) is 4. The van der Waals surface area contributed by atoms with E-state index < -0.39 is 5.91 Å². The van der Waals surface area contributed by atoms with Crippen molar-refractivity contribution in [2.24, 2.45) is 0 Å². The van der Waals surface area contributed by atoms with E-state index >= 15 is 0 Å². The van der Waals surface area contributed by atoms with Crippen LogP contribution in [-0.4, -0.2) is 32.0 Å². The lowest BCUT2D eigenvalue weighted by Gasteiger charge is -2.03. The van der Waals surface area contributed by atoms with E-state index in [1.807, 2.05) is 30.3 Å². The molecule has 3 heterocycles. The average molecular weight is 405 g/mol. The first-order valence-corrected chi connectivity index (χ1v) is 9.74. The van der Waals surface area contributed by atoms with Gasteiger partial charge in [0.25, 0.3) is 5.91 Å². The summed E-state index contributed by atoms with van der Waals surface area (Å²) in [6, 6.07) is 14.4. The zero-order chi connectivity index (χ0) is 20.5. The molecule has 0 saturated heterocycles. The second kappa shape index (κ2) is 7.51. The summed E-state index contributed by atoms with van der Waals surface area (Å²) < 4.78 is 13.4.